The van der Waals surface area contributed by atoms with E-state index in [2.05, 4.69) is 29.2 Å². The van der Waals surface area contributed by atoms with Gasteiger partial charge in [-0.3, -0.25) is 4.98 Å². The number of likely N-dealkylation sites (N-methyl/N-ethyl adjacent to an activating group) is 1. The maximum Gasteiger partial charge on any atom is 0.141 e. The molecule has 0 bridgehead atoms. The molecule has 0 radical (unpaired) electrons. The molecule has 1 rings (SSSR count). The van der Waals surface area contributed by atoms with E-state index in [1.807, 2.05) is 13.8 Å². The molecule has 0 aliphatic carbocycles. The Morgan fingerprint density at radius 2 is 2.10 bits per heavy atom. The van der Waals surface area contributed by atoms with E-state index in [-0.39, 0.29) is 18.0 Å². The Morgan fingerprint density at radius 1 is 1.33 bits per heavy atom. The summed E-state index contributed by atoms with van der Waals surface area (Å²) in [6.45, 7) is 9.62. The van der Waals surface area contributed by atoms with Crippen molar-refractivity contribution in [3.05, 3.63) is 29.8 Å². The van der Waals surface area contributed by atoms with Crippen molar-refractivity contribution in [3.63, 3.8) is 0 Å². The van der Waals surface area contributed by atoms with Crippen LogP contribution in [0.1, 0.15) is 38.9 Å². The summed E-state index contributed by atoms with van der Waals surface area (Å²) in [6.07, 6.45) is 2.49. The van der Waals surface area contributed by atoms with E-state index < -0.39 is 0 Å². The molecule has 0 saturated heterocycles. The SMILES string of the molecule is CCNC(CCN(C)CCOC(C)C)c1ccc(F)cn1. The molecule has 21 heavy (non-hydrogen) atoms. The molecule has 0 aliphatic rings. The third-order valence-corrected chi connectivity index (χ3v) is 3.28. The molecule has 0 aliphatic heterocycles. The zero-order chi connectivity index (χ0) is 15.7. The third-order valence-electron chi connectivity index (χ3n) is 3.28. The van der Waals surface area contributed by atoms with Crippen molar-refractivity contribution in [2.75, 3.05) is 33.3 Å². The van der Waals surface area contributed by atoms with Gasteiger partial charge in [0.1, 0.15) is 5.82 Å². The van der Waals surface area contributed by atoms with Gasteiger partial charge in [-0.15, -0.1) is 0 Å². The molecule has 0 aromatic carbocycles. The maximum absolute atomic E-state index is 12.9. The molecule has 1 unspecified atom stereocenters. The van der Waals surface area contributed by atoms with Crippen LogP contribution in [-0.2, 0) is 4.74 Å². The van der Waals surface area contributed by atoms with Crippen LogP contribution >= 0.6 is 0 Å². The van der Waals surface area contributed by atoms with Gasteiger partial charge < -0.3 is 15.0 Å². The van der Waals surface area contributed by atoms with E-state index in [1.54, 1.807) is 6.07 Å². The highest BCUT2D eigenvalue weighted by Gasteiger charge is 2.13. The van der Waals surface area contributed by atoms with Crippen LogP contribution in [0.4, 0.5) is 4.39 Å². The van der Waals surface area contributed by atoms with Crippen molar-refractivity contribution in [3.8, 4) is 0 Å². The average molecular weight is 297 g/mol. The molecule has 0 spiro atoms. The van der Waals surface area contributed by atoms with Gasteiger partial charge in [-0.05, 0) is 52.5 Å². The summed E-state index contributed by atoms with van der Waals surface area (Å²) in [5.41, 5.74) is 0.894. The lowest BCUT2D eigenvalue weighted by Crippen LogP contribution is -2.30. The maximum atomic E-state index is 12.9. The van der Waals surface area contributed by atoms with Gasteiger partial charge in [-0.25, -0.2) is 4.39 Å². The first-order valence-electron chi connectivity index (χ1n) is 7.68. The quantitative estimate of drug-likeness (QED) is 0.720. The number of aromatic nitrogens is 1. The van der Waals surface area contributed by atoms with Crippen molar-refractivity contribution in [1.29, 1.82) is 0 Å². The summed E-state index contributed by atoms with van der Waals surface area (Å²) >= 11 is 0. The molecular formula is C16H28FN3O. The van der Waals surface area contributed by atoms with Crippen LogP contribution in [0.3, 0.4) is 0 Å². The molecule has 0 saturated carbocycles. The van der Waals surface area contributed by atoms with Crippen LogP contribution in [0, 0.1) is 5.82 Å². The van der Waals surface area contributed by atoms with Gasteiger partial charge in [0.2, 0.25) is 0 Å². The second kappa shape index (κ2) is 9.82. The molecule has 5 heteroatoms. The van der Waals surface area contributed by atoms with Crippen molar-refractivity contribution in [2.24, 2.45) is 0 Å². The van der Waals surface area contributed by atoms with Crippen LogP contribution in [0.2, 0.25) is 0 Å². The van der Waals surface area contributed by atoms with E-state index in [1.165, 1.54) is 12.3 Å². The average Bonchev–Trinajstić information content (AvgIpc) is 2.44. The number of rotatable bonds is 10. The highest BCUT2D eigenvalue weighted by molar-refractivity contribution is 5.09. The van der Waals surface area contributed by atoms with E-state index in [4.69, 9.17) is 4.74 Å². The number of nitrogens with one attached hydrogen (secondary N) is 1. The molecule has 1 heterocycles. The second-order valence-electron chi connectivity index (χ2n) is 5.52. The Kier molecular flexibility index (Phi) is 8.42. The first-order chi connectivity index (χ1) is 10.0. The highest BCUT2D eigenvalue weighted by Crippen LogP contribution is 2.15. The van der Waals surface area contributed by atoms with Crippen LogP contribution < -0.4 is 5.32 Å². The van der Waals surface area contributed by atoms with Gasteiger partial charge in [0.25, 0.3) is 0 Å². The minimum absolute atomic E-state index is 0.157. The van der Waals surface area contributed by atoms with E-state index in [0.29, 0.717) is 0 Å². The predicted octanol–water partition coefficient (Wildman–Crippen LogP) is 2.62. The molecule has 1 aromatic rings. The van der Waals surface area contributed by atoms with Crippen molar-refractivity contribution < 1.29 is 9.13 Å². The van der Waals surface area contributed by atoms with Gasteiger partial charge >= 0.3 is 0 Å². The van der Waals surface area contributed by atoms with Crippen molar-refractivity contribution in [2.45, 2.75) is 39.3 Å². The minimum Gasteiger partial charge on any atom is -0.377 e. The topological polar surface area (TPSA) is 37.4 Å². The summed E-state index contributed by atoms with van der Waals surface area (Å²) in [6, 6.07) is 3.38. The van der Waals surface area contributed by atoms with Gasteiger partial charge in [-0.1, -0.05) is 6.92 Å². The van der Waals surface area contributed by atoms with Crippen molar-refractivity contribution >= 4 is 0 Å². The fourth-order valence-electron chi connectivity index (χ4n) is 2.10. The molecule has 4 nitrogen and oxygen atoms in total. The summed E-state index contributed by atoms with van der Waals surface area (Å²) in [7, 11) is 2.09. The Hall–Kier alpha value is -1.04. The van der Waals surface area contributed by atoms with E-state index in [0.717, 1.165) is 38.4 Å². The number of hydrogen-bond donors (Lipinski definition) is 1. The summed E-state index contributed by atoms with van der Waals surface area (Å²) in [4.78, 5) is 6.43. The number of hydrogen-bond acceptors (Lipinski definition) is 4. The lowest BCUT2D eigenvalue weighted by Gasteiger charge is -2.22. The van der Waals surface area contributed by atoms with E-state index >= 15 is 0 Å². The monoisotopic (exact) mass is 297 g/mol. The third kappa shape index (κ3) is 7.50. The number of pyridine rings is 1. The summed E-state index contributed by atoms with van der Waals surface area (Å²) < 4.78 is 18.5. The fraction of sp³-hybridized carbons (Fsp3) is 0.688. The lowest BCUT2D eigenvalue weighted by molar-refractivity contribution is 0.0632. The summed E-state index contributed by atoms with van der Waals surface area (Å²) in [5.74, 6) is -0.294. The normalized spacial score (nSPS) is 13.1. The molecule has 0 fully saturated rings. The van der Waals surface area contributed by atoms with Gasteiger partial charge in [0, 0.05) is 6.54 Å². The smallest absolute Gasteiger partial charge is 0.141 e. The number of ether oxygens (including phenoxy) is 1. The second-order valence-corrected chi connectivity index (χ2v) is 5.52. The van der Waals surface area contributed by atoms with Crippen LogP contribution in [0.25, 0.3) is 0 Å². The zero-order valence-corrected chi connectivity index (χ0v) is 13.6. The van der Waals surface area contributed by atoms with Gasteiger partial charge in [-0.2, -0.15) is 0 Å². The molecular weight excluding hydrogens is 269 g/mol. The molecule has 1 N–H and O–H groups in total. The Morgan fingerprint density at radius 3 is 2.67 bits per heavy atom. The van der Waals surface area contributed by atoms with Crippen molar-refractivity contribution in [1.82, 2.24) is 15.2 Å². The molecule has 1 aromatic heterocycles. The number of halogens is 1. The van der Waals surface area contributed by atoms with Crippen LogP contribution in [-0.4, -0.2) is 49.3 Å². The van der Waals surface area contributed by atoms with Crippen LogP contribution in [0.15, 0.2) is 18.3 Å². The first kappa shape index (κ1) is 18.0. The van der Waals surface area contributed by atoms with E-state index in [9.17, 15) is 4.39 Å². The predicted molar refractivity (Wildman–Crippen MR) is 83.8 cm³/mol. The van der Waals surface area contributed by atoms with Crippen LogP contribution in [0.5, 0.6) is 0 Å². The first-order valence-corrected chi connectivity index (χ1v) is 7.68. The Balaban J connectivity index is 2.42. The fourth-order valence-corrected chi connectivity index (χ4v) is 2.10. The standard InChI is InChI=1S/C16H28FN3O/c1-5-18-16(15-7-6-14(17)12-19-15)8-9-20(4)10-11-21-13(2)3/h6-7,12-13,16,18H,5,8-11H2,1-4H3. The Bertz CT molecular complexity index is 384. The summed E-state index contributed by atoms with van der Waals surface area (Å²) in [5, 5.41) is 3.41. The molecule has 0 amide bonds. The largest absolute Gasteiger partial charge is 0.377 e. The Labute approximate surface area is 127 Å². The van der Waals surface area contributed by atoms with Gasteiger partial charge in [0.15, 0.2) is 0 Å². The number of nitrogens with zero attached hydrogens (tertiary/aromatic N) is 2. The minimum atomic E-state index is -0.294. The molecule has 120 valence electrons. The zero-order valence-electron chi connectivity index (χ0n) is 13.6. The van der Waals surface area contributed by atoms with Gasteiger partial charge in [0.05, 0.1) is 30.6 Å². The lowest BCUT2D eigenvalue weighted by atomic mass is 10.1. The highest BCUT2D eigenvalue weighted by atomic mass is 19.1. The molecule has 1 atom stereocenters.